The highest BCUT2D eigenvalue weighted by molar-refractivity contribution is 9.08. The summed E-state index contributed by atoms with van der Waals surface area (Å²) >= 11 is 3.44. The lowest BCUT2D eigenvalue weighted by molar-refractivity contribution is 0.171. The second-order valence-electron chi connectivity index (χ2n) is 3.06. The molecule has 0 aliphatic carbocycles. The van der Waals surface area contributed by atoms with Crippen molar-refractivity contribution in [1.29, 1.82) is 0 Å². The first-order valence-corrected chi connectivity index (χ1v) is 5.38. The number of alkyl halides is 1. The van der Waals surface area contributed by atoms with Gasteiger partial charge in [0.25, 0.3) is 0 Å². The fourth-order valence-electron chi connectivity index (χ4n) is 1.38. The van der Waals surface area contributed by atoms with E-state index in [1.54, 1.807) is 0 Å². The number of aryl methyl sites for hydroxylation is 1. The van der Waals surface area contributed by atoms with Crippen LogP contribution in [0.3, 0.4) is 0 Å². The molecule has 1 aromatic carbocycles. The molecule has 0 N–H and O–H groups in total. The van der Waals surface area contributed by atoms with Crippen molar-refractivity contribution in [2.75, 3.05) is 13.2 Å². The molecule has 0 bridgehead atoms. The van der Waals surface area contributed by atoms with Crippen LogP contribution in [0.1, 0.15) is 11.1 Å². The van der Waals surface area contributed by atoms with Gasteiger partial charge in [0.1, 0.15) is 13.2 Å². The van der Waals surface area contributed by atoms with E-state index in [-0.39, 0.29) is 0 Å². The maximum atomic E-state index is 5.48. The summed E-state index contributed by atoms with van der Waals surface area (Å²) < 4.78 is 10.9. The number of hydrogen-bond donors (Lipinski definition) is 0. The zero-order valence-corrected chi connectivity index (χ0v) is 9.06. The van der Waals surface area contributed by atoms with Gasteiger partial charge in [-0.1, -0.05) is 15.9 Å². The Kier molecular flexibility index (Phi) is 2.44. The third kappa shape index (κ3) is 1.66. The van der Waals surface area contributed by atoms with E-state index in [1.807, 2.05) is 12.1 Å². The van der Waals surface area contributed by atoms with E-state index in [0.29, 0.717) is 13.2 Å². The lowest BCUT2D eigenvalue weighted by Gasteiger charge is -2.19. The molecule has 1 aliphatic rings. The van der Waals surface area contributed by atoms with E-state index in [4.69, 9.17) is 9.47 Å². The molecule has 0 saturated heterocycles. The van der Waals surface area contributed by atoms with Gasteiger partial charge in [-0.05, 0) is 30.2 Å². The predicted octanol–water partition coefficient (Wildman–Crippen LogP) is 2.66. The van der Waals surface area contributed by atoms with E-state index in [0.717, 1.165) is 16.8 Å². The summed E-state index contributed by atoms with van der Waals surface area (Å²) in [6.07, 6.45) is 0. The van der Waals surface area contributed by atoms with Crippen LogP contribution in [0, 0.1) is 6.92 Å². The van der Waals surface area contributed by atoms with E-state index < -0.39 is 0 Å². The van der Waals surface area contributed by atoms with Crippen LogP contribution in [0.2, 0.25) is 0 Å². The minimum absolute atomic E-state index is 0.651. The Hall–Kier alpha value is -0.700. The van der Waals surface area contributed by atoms with Crippen LogP contribution in [0.4, 0.5) is 0 Å². The van der Waals surface area contributed by atoms with Crippen LogP contribution in [-0.2, 0) is 5.33 Å². The summed E-state index contributed by atoms with van der Waals surface area (Å²) in [5, 5.41) is 0.857. The van der Waals surface area contributed by atoms with E-state index in [9.17, 15) is 0 Å². The Morgan fingerprint density at radius 2 is 1.85 bits per heavy atom. The molecular weight excluding hydrogens is 232 g/mol. The topological polar surface area (TPSA) is 18.5 Å². The van der Waals surface area contributed by atoms with Crippen molar-refractivity contribution in [2.45, 2.75) is 12.3 Å². The minimum Gasteiger partial charge on any atom is -0.486 e. The molecule has 1 heterocycles. The highest BCUT2D eigenvalue weighted by atomic mass is 79.9. The van der Waals surface area contributed by atoms with Gasteiger partial charge in [-0.3, -0.25) is 0 Å². The zero-order chi connectivity index (χ0) is 9.26. The Morgan fingerprint density at radius 1 is 1.23 bits per heavy atom. The van der Waals surface area contributed by atoms with Gasteiger partial charge in [0, 0.05) is 5.33 Å². The fourth-order valence-corrected chi connectivity index (χ4v) is 1.98. The average molecular weight is 243 g/mol. The largest absolute Gasteiger partial charge is 0.486 e. The number of halogens is 1. The summed E-state index contributed by atoms with van der Waals surface area (Å²) in [7, 11) is 0. The molecule has 0 aromatic heterocycles. The third-order valence-electron chi connectivity index (χ3n) is 2.14. The van der Waals surface area contributed by atoms with Crippen LogP contribution >= 0.6 is 15.9 Å². The van der Waals surface area contributed by atoms with Crippen molar-refractivity contribution >= 4 is 15.9 Å². The van der Waals surface area contributed by atoms with Crippen LogP contribution in [0.15, 0.2) is 12.1 Å². The van der Waals surface area contributed by atoms with Crippen LogP contribution < -0.4 is 9.47 Å². The van der Waals surface area contributed by atoms with E-state index in [2.05, 4.69) is 22.9 Å². The average Bonchev–Trinajstić information content (AvgIpc) is 2.17. The molecule has 3 heteroatoms. The van der Waals surface area contributed by atoms with E-state index >= 15 is 0 Å². The van der Waals surface area contributed by atoms with Crippen LogP contribution in [-0.4, -0.2) is 13.2 Å². The molecule has 0 atom stereocenters. The van der Waals surface area contributed by atoms with Gasteiger partial charge >= 0.3 is 0 Å². The molecular formula is C10H11BrO2. The molecule has 2 rings (SSSR count). The Bertz CT molecular complexity index is 323. The maximum Gasteiger partial charge on any atom is 0.161 e. The Balaban J connectivity index is 2.44. The molecule has 13 heavy (non-hydrogen) atoms. The van der Waals surface area contributed by atoms with Crippen LogP contribution in [0.25, 0.3) is 0 Å². The molecule has 1 aliphatic heterocycles. The molecule has 1 aromatic rings. The second-order valence-corrected chi connectivity index (χ2v) is 3.62. The predicted molar refractivity (Wildman–Crippen MR) is 54.8 cm³/mol. The van der Waals surface area contributed by atoms with Gasteiger partial charge in [0.05, 0.1) is 0 Å². The van der Waals surface area contributed by atoms with Crippen molar-refractivity contribution in [1.82, 2.24) is 0 Å². The van der Waals surface area contributed by atoms with Crippen molar-refractivity contribution in [3.8, 4) is 11.5 Å². The standard InChI is InChI=1S/C10H11BrO2/c1-7-4-9-10(5-8(7)6-11)13-3-2-12-9/h4-5H,2-3,6H2,1H3. The molecule has 0 fully saturated rings. The summed E-state index contributed by atoms with van der Waals surface area (Å²) in [6.45, 7) is 3.38. The number of rotatable bonds is 1. The van der Waals surface area contributed by atoms with Crippen LogP contribution in [0.5, 0.6) is 11.5 Å². The SMILES string of the molecule is Cc1cc2c(cc1CBr)OCCO2. The molecule has 2 nitrogen and oxygen atoms in total. The zero-order valence-electron chi connectivity index (χ0n) is 7.47. The van der Waals surface area contributed by atoms with Gasteiger partial charge in [0.2, 0.25) is 0 Å². The third-order valence-corrected chi connectivity index (χ3v) is 2.75. The number of ether oxygens (including phenoxy) is 2. The van der Waals surface area contributed by atoms with Gasteiger partial charge in [-0.25, -0.2) is 0 Å². The highest BCUT2D eigenvalue weighted by Crippen LogP contribution is 2.33. The maximum absolute atomic E-state index is 5.48. The van der Waals surface area contributed by atoms with Crippen molar-refractivity contribution < 1.29 is 9.47 Å². The lowest BCUT2D eigenvalue weighted by atomic mass is 10.1. The quantitative estimate of drug-likeness (QED) is 0.706. The summed E-state index contributed by atoms with van der Waals surface area (Å²) in [6, 6.07) is 4.07. The normalized spacial score (nSPS) is 14.3. The number of benzene rings is 1. The molecule has 0 unspecified atom stereocenters. The molecule has 0 saturated carbocycles. The first kappa shape index (κ1) is 8.88. The molecule has 70 valence electrons. The summed E-state index contributed by atoms with van der Waals surface area (Å²) in [5.74, 6) is 1.74. The number of hydrogen-bond acceptors (Lipinski definition) is 2. The highest BCUT2D eigenvalue weighted by Gasteiger charge is 2.13. The van der Waals surface area contributed by atoms with Crippen molar-refractivity contribution in [3.05, 3.63) is 23.3 Å². The summed E-state index contributed by atoms with van der Waals surface area (Å²) in [5.41, 5.74) is 2.49. The molecule has 0 radical (unpaired) electrons. The lowest BCUT2D eigenvalue weighted by Crippen LogP contribution is -2.15. The number of fused-ring (bicyclic) bond motifs is 1. The fraction of sp³-hybridized carbons (Fsp3) is 0.400. The second kappa shape index (κ2) is 3.58. The smallest absolute Gasteiger partial charge is 0.161 e. The van der Waals surface area contributed by atoms with Gasteiger partial charge < -0.3 is 9.47 Å². The van der Waals surface area contributed by atoms with E-state index in [1.165, 1.54) is 11.1 Å². The minimum atomic E-state index is 0.651. The Morgan fingerprint density at radius 3 is 2.46 bits per heavy atom. The van der Waals surface area contributed by atoms with Gasteiger partial charge in [-0.15, -0.1) is 0 Å². The van der Waals surface area contributed by atoms with Crippen molar-refractivity contribution in [2.24, 2.45) is 0 Å². The first-order chi connectivity index (χ1) is 6.31. The van der Waals surface area contributed by atoms with Gasteiger partial charge in [0.15, 0.2) is 11.5 Å². The summed E-state index contributed by atoms with van der Waals surface area (Å²) in [4.78, 5) is 0. The molecule has 0 amide bonds. The monoisotopic (exact) mass is 242 g/mol. The molecule has 0 spiro atoms. The van der Waals surface area contributed by atoms with Gasteiger partial charge in [-0.2, -0.15) is 0 Å². The van der Waals surface area contributed by atoms with Crippen molar-refractivity contribution in [3.63, 3.8) is 0 Å². The first-order valence-electron chi connectivity index (χ1n) is 4.26. The Labute approximate surface area is 86.0 Å².